The van der Waals surface area contributed by atoms with Gasteiger partial charge in [-0.1, -0.05) is 18.2 Å². The molecule has 0 aliphatic carbocycles. The molecule has 0 aliphatic heterocycles. The van der Waals surface area contributed by atoms with Crippen LogP contribution in [0.25, 0.3) is 22.3 Å². The molecule has 0 amide bonds. The van der Waals surface area contributed by atoms with Gasteiger partial charge in [0, 0.05) is 24.2 Å². The van der Waals surface area contributed by atoms with Crippen molar-refractivity contribution in [2.75, 3.05) is 12.4 Å². The van der Waals surface area contributed by atoms with Crippen molar-refractivity contribution in [3.63, 3.8) is 0 Å². The zero-order valence-electron chi connectivity index (χ0n) is 11.2. The Morgan fingerprint density at radius 3 is 2.70 bits per heavy atom. The van der Waals surface area contributed by atoms with Crippen molar-refractivity contribution in [2.45, 2.75) is 6.92 Å². The maximum atomic E-state index is 4.60. The third kappa shape index (κ3) is 2.22. The molecule has 0 bridgehead atoms. The summed E-state index contributed by atoms with van der Waals surface area (Å²) in [6.07, 6.45) is 1.80. The number of anilines is 1. The van der Waals surface area contributed by atoms with Gasteiger partial charge in [-0.3, -0.25) is 4.98 Å². The van der Waals surface area contributed by atoms with E-state index in [1.807, 2.05) is 44.3 Å². The maximum Gasteiger partial charge on any atom is 0.164 e. The Labute approximate surface area is 130 Å². The summed E-state index contributed by atoms with van der Waals surface area (Å²) in [6.45, 7) is 1.99. The summed E-state index contributed by atoms with van der Waals surface area (Å²) in [5, 5.41) is 4.21. The normalized spacial score (nSPS) is 10.8. The number of nitrogens with zero attached hydrogens (tertiary/aromatic N) is 3. The molecule has 5 heteroatoms. The number of hydrogen-bond acceptors (Lipinski definition) is 4. The molecule has 0 saturated heterocycles. The standard InChI is InChI=1S/C15H13IN4/c1-9-12(16)15(17-2)20-14(19-9)11-7-3-5-10-6-4-8-18-13(10)11/h3-8H,1-2H3,(H,17,19,20). The summed E-state index contributed by atoms with van der Waals surface area (Å²) >= 11 is 2.26. The van der Waals surface area contributed by atoms with Crippen molar-refractivity contribution in [1.29, 1.82) is 0 Å². The van der Waals surface area contributed by atoms with Crippen LogP contribution in [0.2, 0.25) is 0 Å². The Morgan fingerprint density at radius 1 is 1.10 bits per heavy atom. The van der Waals surface area contributed by atoms with Crippen LogP contribution < -0.4 is 5.32 Å². The zero-order valence-corrected chi connectivity index (χ0v) is 13.3. The lowest BCUT2D eigenvalue weighted by atomic mass is 10.1. The topological polar surface area (TPSA) is 50.7 Å². The van der Waals surface area contributed by atoms with E-state index in [0.29, 0.717) is 5.82 Å². The molecule has 3 aromatic rings. The highest BCUT2D eigenvalue weighted by Gasteiger charge is 2.12. The van der Waals surface area contributed by atoms with E-state index in [1.54, 1.807) is 6.20 Å². The van der Waals surface area contributed by atoms with Crippen molar-refractivity contribution >= 4 is 39.3 Å². The molecule has 0 unspecified atom stereocenters. The minimum Gasteiger partial charge on any atom is -0.372 e. The molecular weight excluding hydrogens is 363 g/mol. The van der Waals surface area contributed by atoms with Crippen molar-refractivity contribution in [2.24, 2.45) is 0 Å². The molecule has 20 heavy (non-hydrogen) atoms. The SMILES string of the molecule is CNc1nc(-c2cccc3cccnc23)nc(C)c1I. The van der Waals surface area contributed by atoms with Gasteiger partial charge in [-0.2, -0.15) is 0 Å². The van der Waals surface area contributed by atoms with Gasteiger partial charge in [-0.05, 0) is 41.6 Å². The van der Waals surface area contributed by atoms with Gasteiger partial charge in [0.2, 0.25) is 0 Å². The predicted molar refractivity (Wildman–Crippen MR) is 89.8 cm³/mol. The van der Waals surface area contributed by atoms with E-state index in [-0.39, 0.29) is 0 Å². The van der Waals surface area contributed by atoms with Crippen molar-refractivity contribution in [3.8, 4) is 11.4 Å². The van der Waals surface area contributed by atoms with Crippen molar-refractivity contribution < 1.29 is 0 Å². The minimum atomic E-state index is 0.705. The van der Waals surface area contributed by atoms with Crippen LogP contribution in [0.15, 0.2) is 36.5 Å². The molecule has 0 spiro atoms. The van der Waals surface area contributed by atoms with Crippen LogP contribution in [0.5, 0.6) is 0 Å². The third-order valence-electron chi connectivity index (χ3n) is 3.13. The van der Waals surface area contributed by atoms with Crippen LogP contribution in [0, 0.1) is 10.5 Å². The second kappa shape index (κ2) is 5.32. The zero-order chi connectivity index (χ0) is 14.1. The van der Waals surface area contributed by atoms with Crippen LogP contribution in [-0.2, 0) is 0 Å². The highest BCUT2D eigenvalue weighted by Crippen LogP contribution is 2.27. The number of benzene rings is 1. The number of pyridine rings is 1. The van der Waals surface area contributed by atoms with Gasteiger partial charge >= 0.3 is 0 Å². The maximum absolute atomic E-state index is 4.60. The molecular formula is C15H13IN4. The Hall–Kier alpha value is -1.76. The first kappa shape index (κ1) is 13.2. The molecule has 4 nitrogen and oxygen atoms in total. The van der Waals surface area contributed by atoms with Crippen molar-refractivity contribution in [3.05, 3.63) is 45.8 Å². The van der Waals surface area contributed by atoms with Crippen LogP contribution in [0.3, 0.4) is 0 Å². The molecule has 0 atom stereocenters. The molecule has 1 N–H and O–H groups in total. The summed E-state index contributed by atoms with van der Waals surface area (Å²) in [7, 11) is 1.87. The van der Waals surface area contributed by atoms with Crippen LogP contribution in [-0.4, -0.2) is 22.0 Å². The first-order chi connectivity index (χ1) is 9.70. The summed E-state index contributed by atoms with van der Waals surface area (Å²) in [5.74, 6) is 1.55. The summed E-state index contributed by atoms with van der Waals surface area (Å²) in [6, 6.07) is 10.0. The fourth-order valence-corrected chi connectivity index (χ4v) is 2.64. The van der Waals surface area contributed by atoms with E-state index in [2.05, 4.69) is 42.9 Å². The average molecular weight is 376 g/mol. The number of hydrogen-bond donors (Lipinski definition) is 1. The molecule has 0 radical (unpaired) electrons. The molecule has 0 aliphatic rings. The Bertz CT molecular complexity index is 781. The summed E-state index contributed by atoms with van der Waals surface area (Å²) in [5.41, 5.74) is 2.85. The first-order valence-electron chi connectivity index (χ1n) is 6.26. The molecule has 2 heterocycles. The minimum absolute atomic E-state index is 0.705. The van der Waals surface area contributed by atoms with Gasteiger partial charge in [-0.25, -0.2) is 9.97 Å². The Kier molecular flexibility index (Phi) is 3.52. The Morgan fingerprint density at radius 2 is 1.90 bits per heavy atom. The molecule has 2 aromatic heterocycles. The van der Waals surface area contributed by atoms with Gasteiger partial charge in [0.15, 0.2) is 5.82 Å². The van der Waals surface area contributed by atoms with Crippen LogP contribution in [0.1, 0.15) is 5.69 Å². The largest absolute Gasteiger partial charge is 0.372 e. The molecule has 0 saturated carbocycles. The van der Waals surface area contributed by atoms with E-state index in [4.69, 9.17) is 0 Å². The first-order valence-corrected chi connectivity index (χ1v) is 7.34. The van der Waals surface area contributed by atoms with Crippen molar-refractivity contribution in [1.82, 2.24) is 15.0 Å². The lowest BCUT2D eigenvalue weighted by Gasteiger charge is -2.10. The van der Waals surface area contributed by atoms with Crippen LogP contribution in [0.4, 0.5) is 5.82 Å². The highest BCUT2D eigenvalue weighted by atomic mass is 127. The van der Waals surface area contributed by atoms with Gasteiger partial charge < -0.3 is 5.32 Å². The molecule has 100 valence electrons. The summed E-state index contributed by atoms with van der Waals surface area (Å²) in [4.78, 5) is 13.7. The highest BCUT2D eigenvalue weighted by molar-refractivity contribution is 14.1. The molecule has 1 aromatic carbocycles. The fraction of sp³-hybridized carbons (Fsp3) is 0.133. The predicted octanol–water partition coefficient (Wildman–Crippen LogP) is 3.65. The van der Waals surface area contributed by atoms with Gasteiger partial charge in [0.1, 0.15) is 5.82 Å². The lowest BCUT2D eigenvalue weighted by Crippen LogP contribution is -2.03. The van der Waals surface area contributed by atoms with E-state index in [0.717, 1.165) is 31.5 Å². The van der Waals surface area contributed by atoms with E-state index in [1.165, 1.54) is 0 Å². The molecule has 3 rings (SSSR count). The molecule has 0 fully saturated rings. The number of aromatic nitrogens is 3. The van der Waals surface area contributed by atoms with Gasteiger partial charge in [0.05, 0.1) is 14.8 Å². The second-order valence-corrected chi connectivity index (χ2v) is 5.50. The number of halogens is 1. The number of rotatable bonds is 2. The van der Waals surface area contributed by atoms with Gasteiger partial charge in [-0.15, -0.1) is 0 Å². The van der Waals surface area contributed by atoms with Crippen LogP contribution >= 0.6 is 22.6 Å². The number of fused-ring (bicyclic) bond motifs is 1. The number of para-hydroxylation sites is 1. The second-order valence-electron chi connectivity index (χ2n) is 4.43. The van der Waals surface area contributed by atoms with E-state index < -0.39 is 0 Å². The number of nitrogens with one attached hydrogen (secondary N) is 1. The quantitative estimate of drug-likeness (QED) is 0.694. The summed E-state index contributed by atoms with van der Waals surface area (Å²) < 4.78 is 1.04. The lowest BCUT2D eigenvalue weighted by molar-refractivity contribution is 1.09. The monoisotopic (exact) mass is 376 g/mol. The average Bonchev–Trinajstić information content (AvgIpc) is 2.49. The van der Waals surface area contributed by atoms with Gasteiger partial charge in [0.25, 0.3) is 0 Å². The smallest absolute Gasteiger partial charge is 0.164 e. The van der Waals surface area contributed by atoms with E-state index in [9.17, 15) is 0 Å². The third-order valence-corrected chi connectivity index (χ3v) is 4.42. The fourth-order valence-electron chi connectivity index (χ4n) is 2.13. The number of aryl methyl sites for hydroxylation is 1. The van der Waals surface area contributed by atoms with E-state index >= 15 is 0 Å². The Balaban J connectivity index is 2.28.